The molecule has 3 rings (SSSR count). The van der Waals surface area contributed by atoms with E-state index in [-0.39, 0.29) is 18.3 Å². The van der Waals surface area contributed by atoms with Gasteiger partial charge in [-0.15, -0.1) is 0 Å². The van der Waals surface area contributed by atoms with Gasteiger partial charge in [0.05, 0.1) is 11.6 Å². The summed E-state index contributed by atoms with van der Waals surface area (Å²) in [7, 11) is 0. The first-order valence-electron chi connectivity index (χ1n) is 7.25. The molecule has 1 amide bonds. The van der Waals surface area contributed by atoms with Gasteiger partial charge in [-0.3, -0.25) is 9.59 Å². The van der Waals surface area contributed by atoms with Gasteiger partial charge in [0.25, 0.3) is 5.91 Å². The van der Waals surface area contributed by atoms with Crippen LogP contribution in [0.1, 0.15) is 27.9 Å². The topological polar surface area (TPSA) is 79.2 Å². The zero-order valence-corrected chi connectivity index (χ0v) is 12.3. The van der Waals surface area contributed by atoms with E-state index in [0.29, 0.717) is 35.4 Å². The number of Topliss-reactive ketones (excluding diaryl/α,β-unsaturated/α-hetero) is 1. The summed E-state index contributed by atoms with van der Waals surface area (Å²) < 4.78 is 5.56. The fraction of sp³-hybridized carbons (Fsp3) is 0.167. The lowest BCUT2D eigenvalue weighted by molar-refractivity contribution is -0.118. The summed E-state index contributed by atoms with van der Waals surface area (Å²) in [6.45, 7) is -0.134. The molecule has 1 N–H and O–H groups in total. The van der Waals surface area contributed by atoms with Gasteiger partial charge in [-0.1, -0.05) is 12.1 Å². The summed E-state index contributed by atoms with van der Waals surface area (Å²) in [5, 5.41) is 11.4. The number of ketones is 1. The second-order valence-electron chi connectivity index (χ2n) is 5.23. The first-order chi connectivity index (χ1) is 11.2. The van der Waals surface area contributed by atoms with Crippen LogP contribution in [0.25, 0.3) is 0 Å². The number of hydrogen-bond donors (Lipinski definition) is 1. The van der Waals surface area contributed by atoms with Gasteiger partial charge in [-0.25, -0.2) is 0 Å². The molecule has 0 spiro atoms. The molecule has 2 aromatic rings. The molecule has 0 unspecified atom stereocenters. The summed E-state index contributed by atoms with van der Waals surface area (Å²) in [6, 6.07) is 13.9. The van der Waals surface area contributed by atoms with E-state index in [1.54, 1.807) is 42.5 Å². The van der Waals surface area contributed by atoms with E-state index in [2.05, 4.69) is 5.32 Å². The Hall–Kier alpha value is -3.13. The predicted octanol–water partition coefficient (Wildman–Crippen LogP) is 2.70. The van der Waals surface area contributed by atoms with E-state index in [1.165, 1.54) is 0 Å². The van der Waals surface area contributed by atoms with Crippen molar-refractivity contribution in [3.05, 3.63) is 59.2 Å². The molecule has 0 heterocycles. The lowest BCUT2D eigenvalue weighted by atomic mass is 10.1. The molecule has 0 fully saturated rings. The molecule has 0 radical (unpaired) electrons. The zero-order chi connectivity index (χ0) is 16.2. The minimum absolute atomic E-state index is 0.118. The summed E-state index contributed by atoms with van der Waals surface area (Å²) in [5.41, 5.74) is 2.70. The summed E-state index contributed by atoms with van der Waals surface area (Å²) in [5.74, 6) is 0.410. The van der Waals surface area contributed by atoms with Crippen LogP contribution in [0.5, 0.6) is 5.75 Å². The number of ether oxygens (including phenoxy) is 1. The standard InChI is InChI=1S/C18H14N2O3/c19-10-12-4-6-13(7-5-12)20-18(22)11-23-17-3-1-2-14-15(17)8-9-16(14)21/h1-7H,8-9,11H2,(H,20,22). The average molecular weight is 306 g/mol. The third-order valence-electron chi connectivity index (χ3n) is 3.69. The van der Waals surface area contributed by atoms with Crippen LogP contribution in [0.3, 0.4) is 0 Å². The van der Waals surface area contributed by atoms with E-state index < -0.39 is 0 Å². The third-order valence-corrected chi connectivity index (χ3v) is 3.69. The Kier molecular flexibility index (Phi) is 4.07. The quantitative estimate of drug-likeness (QED) is 0.942. The predicted molar refractivity (Wildman–Crippen MR) is 84.4 cm³/mol. The van der Waals surface area contributed by atoms with Crippen molar-refractivity contribution in [1.29, 1.82) is 5.26 Å². The lowest BCUT2D eigenvalue weighted by Gasteiger charge is -2.10. The number of anilines is 1. The van der Waals surface area contributed by atoms with Crippen molar-refractivity contribution >= 4 is 17.4 Å². The van der Waals surface area contributed by atoms with Crippen LogP contribution in [0.15, 0.2) is 42.5 Å². The van der Waals surface area contributed by atoms with Gasteiger partial charge in [-0.05, 0) is 36.8 Å². The Morgan fingerprint density at radius 1 is 1.17 bits per heavy atom. The maximum Gasteiger partial charge on any atom is 0.262 e. The van der Waals surface area contributed by atoms with Gasteiger partial charge < -0.3 is 10.1 Å². The van der Waals surface area contributed by atoms with Crippen molar-refractivity contribution in [3.63, 3.8) is 0 Å². The molecule has 0 bridgehead atoms. The van der Waals surface area contributed by atoms with Crippen LogP contribution in [-0.2, 0) is 11.2 Å². The van der Waals surface area contributed by atoms with Gasteiger partial charge in [0.15, 0.2) is 12.4 Å². The summed E-state index contributed by atoms with van der Waals surface area (Å²) in [4.78, 5) is 23.6. The van der Waals surface area contributed by atoms with E-state index in [1.807, 2.05) is 6.07 Å². The highest BCUT2D eigenvalue weighted by Crippen LogP contribution is 2.30. The highest BCUT2D eigenvalue weighted by molar-refractivity contribution is 6.01. The Morgan fingerprint density at radius 3 is 2.70 bits per heavy atom. The van der Waals surface area contributed by atoms with Crippen molar-refractivity contribution in [2.75, 3.05) is 11.9 Å². The van der Waals surface area contributed by atoms with Gasteiger partial charge >= 0.3 is 0 Å². The third kappa shape index (κ3) is 3.22. The zero-order valence-electron chi connectivity index (χ0n) is 12.3. The van der Waals surface area contributed by atoms with Gasteiger partial charge in [0, 0.05) is 23.2 Å². The molecule has 1 aliphatic rings. The lowest BCUT2D eigenvalue weighted by Crippen LogP contribution is -2.20. The smallest absolute Gasteiger partial charge is 0.262 e. The Bertz CT molecular complexity index is 804. The van der Waals surface area contributed by atoms with E-state index in [4.69, 9.17) is 10.00 Å². The van der Waals surface area contributed by atoms with E-state index >= 15 is 0 Å². The largest absolute Gasteiger partial charge is 0.483 e. The molecule has 0 aliphatic heterocycles. The molecule has 0 atom stereocenters. The van der Waals surface area contributed by atoms with Crippen LogP contribution in [0.4, 0.5) is 5.69 Å². The molecule has 0 saturated carbocycles. The average Bonchev–Trinajstić information content (AvgIpc) is 2.96. The normalized spacial score (nSPS) is 12.4. The molecule has 23 heavy (non-hydrogen) atoms. The second kappa shape index (κ2) is 6.32. The first-order valence-corrected chi connectivity index (χ1v) is 7.25. The van der Waals surface area contributed by atoms with E-state index in [0.717, 1.165) is 5.56 Å². The fourth-order valence-corrected chi connectivity index (χ4v) is 2.56. The number of amides is 1. The number of nitrogens with zero attached hydrogens (tertiary/aromatic N) is 1. The number of fused-ring (bicyclic) bond motifs is 1. The van der Waals surface area contributed by atoms with Crippen LogP contribution in [0, 0.1) is 11.3 Å². The first kappa shape index (κ1) is 14.8. The van der Waals surface area contributed by atoms with Crippen molar-refractivity contribution in [1.82, 2.24) is 0 Å². The molecule has 0 aromatic heterocycles. The Labute approximate surface area is 133 Å². The van der Waals surface area contributed by atoms with Crippen molar-refractivity contribution in [2.45, 2.75) is 12.8 Å². The molecular formula is C18H14N2O3. The maximum absolute atomic E-state index is 11.9. The SMILES string of the molecule is N#Cc1ccc(NC(=O)COc2cccc3c2CCC3=O)cc1. The molecule has 5 nitrogen and oxygen atoms in total. The van der Waals surface area contributed by atoms with Gasteiger partial charge in [-0.2, -0.15) is 5.26 Å². The number of rotatable bonds is 4. The molecule has 5 heteroatoms. The summed E-state index contributed by atoms with van der Waals surface area (Å²) in [6.07, 6.45) is 1.15. The van der Waals surface area contributed by atoms with Gasteiger partial charge in [0.2, 0.25) is 0 Å². The van der Waals surface area contributed by atoms with Gasteiger partial charge in [0.1, 0.15) is 5.75 Å². The minimum atomic E-state index is -0.295. The molecule has 0 saturated heterocycles. The number of nitriles is 1. The maximum atomic E-state index is 11.9. The minimum Gasteiger partial charge on any atom is -0.483 e. The molecule has 114 valence electrons. The van der Waals surface area contributed by atoms with Crippen molar-refractivity contribution in [2.24, 2.45) is 0 Å². The molecular weight excluding hydrogens is 292 g/mol. The monoisotopic (exact) mass is 306 g/mol. The van der Waals surface area contributed by atoms with Crippen LogP contribution >= 0.6 is 0 Å². The fourth-order valence-electron chi connectivity index (χ4n) is 2.56. The van der Waals surface area contributed by atoms with Crippen LogP contribution in [0.2, 0.25) is 0 Å². The highest BCUT2D eigenvalue weighted by Gasteiger charge is 2.22. The number of nitrogens with one attached hydrogen (secondary N) is 1. The molecule has 2 aromatic carbocycles. The summed E-state index contributed by atoms with van der Waals surface area (Å²) >= 11 is 0. The highest BCUT2D eigenvalue weighted by atomic mass is 16.5. The second-order valence-corrected chi connectivity index (χ2v) is 5.23. The Balaban J connectivity index is 1.61. The van der Waals surface area contributed by atoms with Crippen LogP contribution in [-0.4, -0.2) is 18.3 Å². The Morgan fingerprint density at radius 2 is 1.96 bits per heavy atom. The van der Waals surface area contributed by atoms with Crippen molar-refractivity contribution in [3.8, 4) is 11.8 Å². The van der Waals surface area contributed by atoms with E-state index in [9.17, 15) is 9.59 Å². The molecule has 1 aliphatic carbocycles. The van der Waals surface area contributed by atoms with Crippen LogP contribution < -0.4 is 10.1 Å². The number of hydrogen-bond acceptors (Lipinski definition) is 4. The number of carbonyl (C=O) groups excluding carboxylic acids is 2. The number of carbonyl (C=O) groups is 2. The van der Waals surface area contributed by atoms with Crippen molar-refractivity contribution < 1.29 is 14.3 Å². The number of benzene rings is 2.